The molecule has 0 atom stereocenters. The quantitative estimate of drug-likeness (QED) is 0.889. The third-order valence-corrected chi connectivity index (χ3v) is 3.64. The summed E-state index contributed by atoms with van der Waals surface area (Å²) in [6.07, 6.45) is 0. The van der Waals surface area contributed by atoms with E-state index >= 15 is 0 Å². The van der Waals surface area contributed by atoms with E-state index in [9.17, 15) is 4.79 Å². The smallest absolute Gasteiger partial charge is 0.231 e. The number of hydrogen-bond acceptors (Lipinski definition) is 3. The minimum Gasteiger partial charge on any atom is -0.302 e. The molecule has 19 heavy (non-hydrogen) atoms. The van der Waals surface area contributed by atoms with Gasteiger partial charge in [-0.2, -0.15) is 0 Å². The standard InChI is InChI=1S/C14H15ClN2OS/c1-14(2,3)12(18)17-13-16-11(8-19-13)9-6-4-5-7-10(9)15/h4-8H,1-3H3,(H,16,17,18). The Morgan fingerprint density at radius 3 is 2.63 bits per heavy atom. The van der Waals surface area contributed by atoms with Crippen LogP contribution in [0, 0.1) is 5.41 Å². The van der Waals surface area contributed by atoms with Gasteiger partial charge in [-0.15, -0.1) is 11.3 Å². The van der Waals surface area contributed by atoms with Crippen molar-refractivity contribution >= 4 is 34.0 Å². The number of rotatable bonds is 2. The highest BCUT2D eigenvalue weighted by Gasteiger charge is 2.22. The number of halogens is 1. The second-order valence-electron chi connectivity index (χ2n) is 5.22. The van der Waals surface area contributed by atoms with Crippen molar-refractivity contribution in [2.24, 2.45) is 5.41 Å². The molecule has 1 aromatic carbocycles. The minimum atomic E-state index is -0.434. The number of carbonyl (C=O) groups is 1. The Morgan fingerprint density at radius 2 is 2.00 bits per heavy atom. The lowest BCUT2D eigenvalue weighted by molar-refractivity contribution is -0.123. The van der Waals surface area contributed by atoms with Crippen LogP contribution in [-0.4, -0.2) is 10.9 Å². The van der Waals surface area contributed by atoms with E-state index in [1.54, 1.807) is 0 Å². The maximum atomic E-state index is 11.9. The molecule has 1 aromatic heterocycles. The van der Waals surface area contributed by atoms with Crippen molar-refractivity contribution in [1.82, 2.24) is 4.98 Å². The molecule has 100 valence electrons. The Hall–Kier alpha value is -1.39. The molecule has 0 saturated carbocycles. The minimum absolute atomic E-state index is 0.0486. The van der Waals surface area contributed by atoms with Gasteiger partial charge < -0.3 is 5.32 Å². The number of benzene rings is 1. The summed E-state index contributed by atoms with van der Waals surface area (Å²) < 4.78 is 0. The third-order valence-electron chi connectivity index (χ3n) is 2.56. The monoisotopic (exact) mass is 294 g/mol. The van der Waals surface area contributed by atoms with Crippen molar-refractivity contribution in [1.29, 1.82) is 0 Å². The van der Waals surface area contributed by atoms with Crippen LogP contribution in [0.3, 0.4) is 0 Å². The first-order chi connectivity index (χ1) is 8.88. The van der Waals surface area contributed by atoms with Crippen LogP contribution in [0.4, 0.5) is 5.13 Å². The normalized spacial score (nSPS) is 11.4. The first kappa shape index (κ1) is 14.0. The summed E-state index contributed by atoms with van der Waals surface area (Å²) in [5.41, 5.74) is 1.22. The Kier molecular flexibility index (Phi) is 3.92. The van der Waals surface area contributed by atoms with E-state index in [4.69, 9.17) is 11.6 Å². The van der Waals surface area contributed by atoms with Crippen LogP contribution in [0.2, 0.25) is 5.02 Å². The van der Waals surface area contributed by atoms with Gasteiger partial charge in [-0.05, 0) is 6.07 Å². The molecule has 1 amide bonds. The molecule has 0 aliphatic heterocycles. The second kappa shape index (κ2) is 5.31. The molecule has 3 nitrogen and oxygen atoms in total. The number of carbonyl (C=O) groups excluding carboxylic acids is 1. The van der Waals surface area contributed by atoms with Crippen molar-refractivity contribution in [2.75, 3.05) is 5.32 Å². The molecule has 5 heteroatoms. The SMILES string of the molecule is CC(C)(C)C(=O)Nc1nc(-c2ccccc2Cl)cs1. The van der Waals surface area contributed by atoms with Gasteiger partial charge in [0.2, 0.25) is 5.91 Å². The summed E-state index contributed by atoms with van der Waals surface area (Å²) in [7, 11) is 0. The number of aromatic nitrogens is 1. The Morgan fingerprint density at radius 1 is 1.32 bits per heavy atom. The van der Waals surface area contributed by atoms with Gasteiger partial charge in [-0.1, -0.05) is 50.6 Å². The van der Waals surface area contributed by atoms with Gasteiger partial charge in [0.25, 0.3) is 0 Å². The predicted molar refractivity (Wildman–Crippen MR) is 80.6 cm³/mol. The van der Waals surface area contributed by atoms with Crippen molar-refractivity contribution < 1.29 is 4.79 Å². The van der Waals surface area contributed by atoms with Gasteiger partial charge in [0.05, 0.1) is 5.69 Å². The highest BCUT2D eigenvalue weighted by Crippen LogP contribution is 2.30. The number of nitrogens with zero attached hydrogens (tertiary/aromatic N) is 1. The van der Waals surface area contributed by atoms with Crippen LogP contribution in [0.25, 0.3) is 11.3 Å². The van der Waals surface area contributed by atoms with E-state index in [1.807, 2.05) is 50.4 Å². The highest BCUT2D eigenvalue weighted by atomic mass is 35.5. The fourth-order valence-corrected chi connectivity index (χ4v) is 2.35. The van der Waals surface area contributed by atoms with E-state index in [1.165, 1.54) is 11.3 Å². The molecular weight excluding hydrogens is 280 g/mol. The van der Waals surface area contributed by atoms with Crippen LogP contribution in [0.15, 0.2) is 29.6 Å². The van der Waals surface area contributed by atoms with Gasteiger partial charge in [-0.3, -0.25) is 4.79 Å². The molecule has 0 bridgehead atoms. The summed E-state index contributed by atoms with van der Waals surface area (Å²) in [4.78, 5) is 16.3. The molecule has 0 saturated heterocycles. The lowest BCUT2D eigenvalue weighted by Crippen LogP contribution is -2.27. The summed E-state index contributed by atoms with van der Waals surface area (Å²) in [5.74, 6) is -0.0486. The molecule has 2 rings (SSSR count). The molecule has 0 aliphatic carbocycles. The average Bonchev–Trinajstić information content (AvgIpc) is 2.76. The van der Waals surface area contributed by atoms with Crippen molar-refractivity contribution in [3.05, 3.63) is 34.7 Å². The fraction of sp³-hybridized carbons (Fsp3) is 0.286. The molecular formula is C14H15ClN2OS. The molecule has 0 fully saturated rings. The molecule has 1 N–H and O–H groups in total. The summed E-state index contributed by atoms with van der Waals surface area (Å²) in [5, 5.41) is 5.95. The molecule has 0 unspecified atom stereocenters. The highest BCUT2D eigenvalue weighted by molar-refractivity contribution is 7.14. The van der Waals surface area contributed by atoms with Gasteiger partial charge in [0.1, 0.15) is 0 Å². The molecule has 0 spiro atoms. The lowest BCUT2D eigenvalue weighted by Gasteiger charge is -2.15. The molecule has 2 aromatic rings. The second-order valence-corrected chi connectivity index (χ2v) is 6.49. The summed E-state index contributed by atoms with van der Waals surface area (Å²) in [6, 6.07) is 7.52. The van der Waals surface area contributed by atoms with Gasteiger partial charge in [0.15, 0.2) is 5.13 Å². The summed E-state index contributed by atoms with van der Waals surface area (Å²) in [6.45, 7) is 5.60. The number of anilines is 1. The summed E-state index contributed by atoms with van der Waals surface area (Å²) >= 11 is 7.52. The zero-order valence-corrected chi connectivity index (χ0v) is 12.6. The molecule has 0 aliphatic rings. The molecule has 1 heterocycles. The van der Waals surface area contributed by atoms with E-state index in [0.29, 0.717) is 10.2 Å². The average molecular weight is 295 g/mol. The maximum absolute atomic E-state index is 11.9. The van der Waals surface area contributed by atoms with Crippen LogP contribution in [0.5, 0.6) is 0 Å². The van der Waals surface area contributed by atoms with Crippen LogP contribution >= 0.6 is 22.9 Å². The zero-order valence-electron chi connectivity index (χ0n) is 11.0. The number of thiazole rings is 1. The Bertz CT molecular complexity index is 601. The predicted octanol–water partition coefficient (Wildman–Crippen LogP) is 4.45. The maximum Gasteiger partial charge on any atom is 0.231 e. The zero-order chi connectivity index (χ0) is 14.0. The van der Waals surface area contributed by atoms with Crippen LogP contribution in [0.1, 0.15) is 20.8 Å². The van der Waals surface area contributed by atoms with E-state index in [-0.39, 0.29) is 5.91 Å². The van der Waals surface area contributed by atoms with Crippen LogP contribution < -0.4 is 5.32 Å². The van der Waals surface area contributed by atoms with E-state index in [0.717, 1.165) is 11.3 Å². The van der Waals surface area contributed by atoms with Crippen molar-refractivity contribution in [2.45, 2.75) is 20.8 Å². The Labute approximate surface area is 121 Å². The van der Waals surface area contributed by atoms with Crippen LogP contribution in [-0.2, 0) is 4.79 Å². The fourth-order valence-electron chi connectivity index (χ4n) is 1.41. The third kappa shape index (κ3) is 3.33. The number of amides is 1. The first-order valence-corrected chi connectivity index (χ1v) is 7.15. The number of nitrogens with one attached hydrogen (secondary N) is 1. The van der Waals surface area contributed by atoms with E-state index < -0.39 is 5.41 Å². The lowest BCUT2D eigenvalue weighted by atomic mass is 9.96. The first-order valence-electron chi connectivity index (χ1n) is 5.90. The number of hydrogen-bond donors (Lipinski definition) is 1. The van der Waals surface area contributed by atoms with Gasteiger partial charge in [-0.25, -0.2) is 4.98 Å². The topological polar surface area (TPSA) is 42.0 Å². The van der Waals surface area contributed by atoms with Crippen molar-refractivity contribution in [3.8, 4) is 11.3 Å². The molecule has 0 radical (unpaired) electrons. The Balaban J connectivity index is 2.21. The van der Waals surface area contributed by atoms with E-state index in [2.05, 4.69) is 10.3 Å². The van der Waals surface area contributed by atoms with Gasteiger partial charge in [0, 0.05) is 21.4 Å². The van der Waals surface area contributed by atoms with Gasteiger partial charge >= 0.3 is 0 Å². The van der Waals surface area contributed by atoms with Crippen molar-refractivity contribution in [3.63, 3.8) is 0 Å². The largest absolute Gasteiger partial charge is 0.302 e.